The molecule has 2 rings (SSSR count). The van der Waals surface area contributed by atoms with Crippen molar-refractivity contribution in [1.29, 1.82) is 0 Å². The zero-order valence-corrected chi connectivity index (χ0v) is 13.5. The Labute approximate surface area is 137 Å². The lowest BCUT2D eigenvalue weighted by Gasteiger charge is -2.20. The number of hydrogen-bond acceptors (Lipinski definition) is 3. The Morgan fingerprint density at radius 1 is 1.17 bits per heavy atom. The van der Waals surface area contributed by atoms with Gasteiger partial charge in [-0.3, -0.25) is 4.79 Å². The van der Waals surface area contributed by atoms with Gasteiger partial charge >= 0.3 is 0 Å². The monoisotopic (exact) mass is 313 g/mol. The SMILES string of the molecule is CCOc1cccc(C(=O)NC(C)C(O)Cc2ccccc2)c1. The molecule has 0 fully saturated rings. The summed E-state index contributed by atoms with van der Waals surface area (Å²) in [4.78, 5) is 12.3. The van der Waals surface area contributed by atoms with Gasteiger partial charge in [-0.2, -0.15) is 0 Å². The Hall–Kier alpha value is -2.33. The molecule has 0 spiro atoms. The molecule has 4 nitrogen and oxygen atoms in total. The van der Waals surface area contributed by atoms with E-state index in [1.807, 2.05) is 43.3 Å². The Kier molecular flexibility index (Phi) is 6.18. The molecule has 2 aromatic carbocycles. The summed E-state index contributed by atoms with van der Waals surface area (Å²) in [7, 11) is 0. The molecule has 0 aromatic heterocycles. The van der Waals surface area contributed by atoms with Gasteiger partial charge in [0.25, 0.3) is 5.91 Å². The second-order valence-electron chi connectivity index (χ2n) is 5.48. The molecule has 0 radical (unpaired) electrons. The molecule has 0 aliphatic carbocycles. The van der Waals surface area contributed by atoms with Crippen molar-refractivity contribution in [1.82, 2.24) is 5.32 Å². The van der Waals surface area contributed by atoms with Gasteiger partial charge < -0.3 is 15.2 Å². The number of carbonyl (C=O) groups is 1. The molecule has 2 N–H and O–H groups in total. The largest absolute Gasteiger partial charge is 0.494 e. The summed E-state index contributed by atoms with van der Waals surface area (Å²) in [6.07, 6.45) is -0.141. The van der Waals surface area contributed by atoms with Crippen molar-refractivity contribution in [3.05, 3.63) is 65.7 Å². The van der Waals surface area contributed by atoms with E-state index in [9.17, 15) is 9.90 Å². The van der Waals surface area contributed by atoms with E-state index < -0.39 is 6.10 Å². The maximum atomic E-state index is 12.3. The number of nitrogens with one attached hydrogen (secondary N) is 1. The third-order valence-electron chi connectivity index (χ3n) is 3.63. The molecule has 1 amide bonds. The first kappa shape index (κ1) is 17.0. The number of hydrogen-bond donors (Lipinski definition) is 2. The Morgan fingerprint density at radius 2 is 1.91 bits per heavy atom. The zero-order chi connectivity index (χ0) is 16.7. The van der Waals surface area contributed by atoms with Gasteiger partial charge in [0, 0.05) is 12.0 Å². The van der Waals surface area contributed by atoms with Gasteiger partial charge in [0.2, 0.25) is 0 Å². The highest BCUT2D eigenvalue weighted by Gasteiger charge is 2.18. The molecule has 0 aliphatic heterocycles. The van der Waals surface area contributed by atoms with Gasteiger partial charge in [0.1, 0.15) is 5.75 Å². The van der Waals surface area contributed by atoms with Gasteiger partial charge in [0.15, 0.2) is 0 Å². The highest BCUT2D eigenvalue weighted by atomic mass is 16.5. The number of amides is 1. The minimum atomic E-state index is -0.642. The van der Waals surface area contributed by atoms with Crippen LogP contribution in [0.4, 0.5) is 0 Å². The maximum Gasteiger partial charge on any atom is 0.251 e. The normalized spacial score (nSPS) is 13.2. The van der Waals surface area contributed by atoms with Crippen LogP contribution in [0.2, 0.25) is 0 Å². The van der Waals surface area contributed by atoms with Gasteiger partial charge in [-0.25, -0.2) is 0 Å². The van der Waals surface area contributed by atoms with Crippen molar-refractivity contribution in [2.75, 3.05) is 6.61 Å². The van der Waals surface area contributed by atoms with Crippen molar-refractivity contribution in [2.45, 2.75) is 32.4 Å². The van der Waals surface area contributed by atoms with Crippen molar-refractivity contribution < 1.29 is 14.6 Å². The predicted octanol–water partition coefficient (Wildman–Crippen LogP) is 2.81. The topological polar surface area (TPSA) is 58.6 Å². The standard InChI is InChI=1S/C19H23NO3/c1-3-23-17-11-7-10-16(13-17)19(22)20-14(2)18(21)12-15-8-5-4-6-9-15/h4-11,13-14,18,21H,3,12H2,1-2H3,(H,20,22). The van der Waals surface area contributed by atoms with Crippen molar-refractivity contribution in [3.8, 4) is 5.75 Å². The summed E-state index contributed by atoms with van der Waals surface area (Å²) >= 11 is 0. The highest BCUT2D eigenvalue weighted by molar-refractivity contribution is 5.94. The molecule has 23 heavy (non-hydrogen) atoms. The lowest BCUT2D eigenvalue weighted by atomic mass is 10.0. The smallest absolute Gasteiger partial charge is 0.251 e. The molecule has 0 heterocycles. The molecular weight excluding hydrogens is 290 g/mol. The number of ether oxygens (including phenoxy) is 1. The summed E-state index contributed by atoms with van der Waals surface area (Å²) in [6, 6.07) is 16.4. The van der Waals surface area contributed by atoms with E-state index in [1.54, 1.807) is 25.1 Å². The van der Waals surface area contributed by atoms with Crippen LogP contribution < -0.4 is 10.1 Å². The first-order chi connectivity index (χ1) is 11.1. The Balaban J connectivity index is 1.94. The lowest BCUT2D eigenvalue weighted by Crippen LogP contribution is -2.42. The minimum Gasteiger partial charge on any atom is -0.494 e. The number of aliphatic hydroxyl groups is 1. The third-order valence-corrected chi connectivity index (χ3v) is 3.63. The first-order valence-electron chi connectivity index (χ1n) is 7.86. The average molecular weight is 313 g/mol. The van der Waals surface area contributed by atoms with Crippen molar-refractivity contribution in [2.24, 2.45) is 0 Å². The molecular formula is C19H23NO3. The van der Waals surface area contributed by atoms with E-state index in [4.69, 9.17) is 4.74 Å². The summed E-state index contributed by atoms with van der Waals surface area (Å²) in [5.74, 6) is 0.448. The number of aliphatic hydroxyl groups excluding tert-OH is 1. The van der Waals surface area contributed by atoms with Crippen LogP contribution in [0.5, 0.6) is 5.75 Å². The van der Waals surface area contributed by atoms with Crippen LogP contribution in [0.3, 0.4) is 0 Å². The summed E-state index contributed by atoms with van der Waals surface area (Å²) in [5.41, 5.74) is 1.56. The molecule has 0 bridgehead atoms. The second-order valence-corrected chi connectivity index (χ2v) is 5.48. The minimum absolute atomic E-state index is 0.217. The quantitative estimate of drug-likeness (QED) is 0.826. The molecule has 0 aliphatic rings. The van der Waals surface area contributed by atoms with Crippen LogP contribution in [0.15, 0.2) is 54.6 Å². The Bertz CT molecular complexity index is 628. The fourth-order valence-corrected chi connectivity index (χ4v) is 2.31. The first-order valence-corrected chi connectivity index (χ1v) is 7.86. The van der Waals surface area contributed by atoms with E-state index in [0.717, 1.165) is 5.56 Å². The molecule has 4 heteroatoms. The third kappa shape index (κ3) is 5.11. The van der Waals surface area contributed by atoms with Crippen LogP contribution in [0.1, 0.15) is 29.8 Å². The van der Waals surface area contributed by atoms with Gasteiger partial charge in [-0.1, -0.05) is 36.4 Å². The fraction of sp³-hybridized carbons (Fsp3) is 0.316. The molecule has 2 aromatic rings. The molecule has 122 valence electrons. The zero-order valence-electron chi connectivity index (χ0n) is 13.5. The Morgan fingerprint density at radius 3 is 2.61 bits per heavy atom. The predicted molar refractivity (Wildman–Crippen MR) is 90.7 cm³/mol. The van der Waals surface area contributed by atoms with Crippen molar-refractivity contribution >= 4 is 5.91 Å². The highest BCUT2D eigenvalue weighted by Crippen LogP contribution is 2.14. The second kappa shape index (κ2) is 8.34. The van der Waals surface area contributed by atoms with Crippen LogP contribution in [-0.4, -0.2) is 29.8 Å². The van der Waals surface area contributed by atoms with Crippen LogP contribution in [0.25, 0.3) is 0 Å². The summed E-state index contributed by atoms with van der Waals surface area (Å²) < 4.78 is 5.40. The maximum absolute atomic E-state index is 12.3. The van der Waals surface area contributed by atoms with E-state index in [2.05, 4.69) is 5.32 Å². The van der Waals surface area contributed by atoms with Crippen LogP contribution in [-0.2, 0) is 6.42 Å². The van der Waals surface area contributed by atoms with E-state index in [-0.39, 0.29) is 11.9 Å². The average Bonchev–Trinajstić information content (AvgIpc) is 2.56. The van der Waals surface area contributed by atoms with Crippen LogP contribution >= 0.6 is 0 Å². The number of carbonyl (C=O) groups excluding carboxylic acids is 1. The van der Waals surface area contributed by atoms with E-state index >= 15 is 0 Å². The van der Waals surface area contributed by atoms with Gasteiger partial charge in [-0.05, 0) is 37.6 Å². The molecule has 0 saturated carbocycles. The van der Waals surface area contributed by atoms with Crippen molar-refractivity contribution in [3.63, 3.8) is 0 Å². The molecule has 2 atom stereocenters. The van der Waals surface area contributed by atoms with Gasteiger partial charge in [0.05, 0.1) is 18.8 Å². The summed E-state index contributed by atoms with van der Waals surface area (Å²) in [6.45, 7) is 4.25. The van der Waals surface area contributed by atoms with E-state index in [1.165, 1.54) is 0 Å². The summed E-state index contributed by atoms with van der Waals surface area (Å²) in [5, 5.41) is 13.1. The fourth-order valence-electron chi connectivity index (χ4n) is 2.31. The molecule has 0 saturated heterocycles. The van der Waals surface area contributed by atoms with E-state index in [0.29, 0.717) is 24.3 Å². The lowest BCUT2D eigenvalue weighted by molar-refractivity contribution is 0.0851. The number of rotatable bonds is 7. The number of benzene rings is 2. The van der Waals surface area contributed by atoms with Gasteiger partial charge in [-0.15, -0.1) is 0 Å². The van der Waals surface area contributed by atoms with Crippen LogP contribution in [0, 0.1) is 0 Å². The molecule has 2 unspecified atom stereocenters.